The molecule has 1 spiro atoms. The molecule has 9 fully saturated rings. The molecular formula is C129H198IN7O7. The van der Waals surface area contributed by atoms with Gasteiger partial charge in [-0.3, -0.25) is 29.4 Å². The number of hydrogen-bond donors (Lipinski definition) is 0. The number of methoxy groups -OCH3 is 7. The standard InChI is InChI=1S/C22H31NO.C22H35NO.C19H31NO.C18H22INO.C17H27NO.C16H27NO.C15H25NO/c1-3-4-9-23(14-16-5-7-20(24-2)8-6-16)21-12-18-10-17-11-19(13-21)22(17,18)15-21;1-6-7-12-23(15-17-8-10-19(24-5)11-9-17)21-14-18-13-20(16(21)2)22(18,3)4;1-3-4-14-20(15-17-8-6-5-7-9-17)16-18-10-12-19(21-2)13-11-18;1-3-4-13-20(17-9-7-16(19)8-10-17)14-15-5-11-18(21-2)12-6-15;1-3-4-13-18(16-7-5-6-8-16)14-15-9-11-17(19-2)12-10-15;1-4-6-12-17(13-7-5-2)14-15-8-10-16(18-3)11-9-15;1-4-6-12-16(11-5-2)13-14-7-9-15(17-3)10-8-14/h5-8,17-19H,3-4,9-15H2,1-2H3;8-11,16,18,20-21H,6-7,12-15H2,1-5H3;10-13,17H,3-9,14-16H2,1-2H3;5-12H,3-4,13-14H2,1-2H3;9-12,16H,3-8,13-14H2,1-2H3;8-11H,4-7,12-14H2,1-3H3;7-10H,4-6,11-13H2,1-3H3/t;16-,18+,20-,21-;;;;;/m.1...../s1. The van der Waals surface area contributed by atoms with Crippen LogP contribution in [-0.4, -0.2) is 162 Å². The highest BCUT2D eigenvalue weighted by Crippen LogP contribution is 2.83. The molecule has 15 heteroatoms. The Morgan fingerprint density at radius 1 is 0.306 bits per heavy atom. The van der Waals surface area contributed by atoms with Crippen LogP contribution in [0.2, 0.25) is 0 Å². The number of anilines is 1. The van der Waals surface area contributed by atoms with Gasteiger partial charge >= 0.3 is 0 Å². The van der Waals surface area contributed by atoms with Crippen molar-refractivity contribution in [1.29, 1.82) is 0 Å². The fraction of sp³-hybridized carbons (Fsp3) is 0.628. The van der Waals surface area contributed by atoms with E-state index in [0.29, 0.717) is 11.0 Å². The van der Waals surface area contributed by atoms with Gasteiger partial charge in [0.1, 0.15) is 40.2 Å². The minimum Gasteiger partial charge on any atom is -0.497 e. The van der Waals surface area contributed by atoms with Crippen LogP contribution in [0.3, 0.4) is 0 Å². The van der Waals surface area contributed by atoms with Crippen LogP contribution in [0.1, 0.15) is 334 Å². The van der Waals surface area contributed by atoms with Crippen LogP contribution >= 0.6 is 22.6 Å². The molecule has 0 radical (unpaired) electrons. The van der Waals surface area contributed by atoms with Gasteiger partial charge in [-0.1, -0.05) is 251 Å². The normalized spacial score (nSPS) is 20.7. The first-order valence-corrected chi connectivity index (χ1v) is 58.5. The highest BCUT2D eigenvalue weighted by Gasteiger charge is 2.78. The molecule has 8 aromatic carbocycles. The van der Waals surface area contributed by atoms with Crippen LogP contribution in [0.25, 0.3) is 0 Å². The molecule has 0 heterocycles. The SMILES string of the molecule is CCCCN(CCC)Cc1ccc(OC)cc1.CCCCN(CCCC)Cc1ccc(OC)cc1.CCCCN(Cc1ccc(OC)cc1)C12CC3CC4CC(C1)C43C2.CCCCN(Cc1ccc(OC)cc1)C1CCCC1.CCCCN(Cc1ccc(OC)cc1)CC1CCCCC1.CCCCN(Cc1ccc(OC)cc1)[C@@H]1C[C@@H]2C[C@H]([C@H]1C)C2(C)C.CCCCN(Cc1ccc(OC)cc1)c1ccc(I)cc1. The molecule has 0 aromatic heterocycles. The second-order valence-corrected chi connectivity index (χ2v) is 45.5. The second kappa shape index (κ2) is 64.2. The molecular weight excluding hydrogens is 1890 g/mol. The first-order chi connectivity index (χ1) is 70.1. The zero-order valence-electron chi connectivity index (χ0n) is 93.9. The summed E-state index contributed by atoms with van der Waals surface area (Å²) >= 11 is 2.35. The molecule has 9 aliphatic rings. The molecule has 2 unspecified atom stereocenters. The van der Waals surface area contributed by atoms with Crippen molar-refractivity contribution >= 4 is 28.3 Å². The Morgan fingerprint density at radius 2 is 0.639 bits per heavy atom. The van der Waals surface area contributed by atoms with E-state index in [1.807, 2.05) is 36.4 Å². The molecule has 0 amide bonds. The molecule has 6 atom stereocenters. The maximum Gasteiger partial charge on any atom is 0.118 e. The largest absolute Gasteiger partial charge is 0.497 e. The summed E-state index contributed by atoms with van der Waals surface area (Å²) < 4.78 is 38.0. The van der Waals surface area contributed by atoms with Gasteiger partial charge in [0.25, 0.3) is 0 Å². The van der Waals surface area contributed by atoms with Gasteiger partial charge in [0.05, 0.1) is 49.8 Å². The number of ether oxygens (including phenoxy) is 7. The Labute approximate surface area is 892 Å². The first kappa shape index (κ1) is 119. The van der Waals surface area contributed by atoms with Crippen molar-refractivity contribution in [1.82, 2.24) is 29.4 Å². The van der Waals surface area contributed by atoms with Gasteiger partial charge in [0.2, 0.25) is 0 Å². The third kappa shape index (κ3) is 36.5. The Hall–Kier alpha value is -7.35. The zero-order chi connectivity index (χ0) is 103. The lowest BCUT2D eigenvalue weighted by molar-refractivity contribution is -0.178. The van der Waals surface area contributed by atoms with E-state index >= 15 is 0 Å². The van der Waals surface area contributed by atoms with Gasteiger partial charge in [0, 0.05) is 85.8 Å². The number of halogens is 1. The van der Waals surface area contributed by atoms with Crippen LogP contribution in [0.5, 0.6) is 40.2 Å². The first-order valence-electron chi connectivity index (χ1n) is 57.5. The molecule has 0 N–H and O–H groups in total. The lowest BCUT2D eigenvalue weighted by atomic mass is 9.38. The fourth-order valence-electron chi connectivity index (χ4n) is 25.0. The van der Waals surface area contributed by atoms with Crippen LogP contribution in [-0.2, 0) is 45.8 Å². The number of unbranched alkanes of at least 4 members (excludes halogenated alkanes) is 8. The maximum atomic E-state index is 5.33. The summed E-state index contributed by atoms with van der Waals surface area (Å²) in [5.41, 5.74) is 13.0. The van der Waals surface area contributed by atoms with Gasteiger partial charge in [-0.05, 0) is 404 Å². The van der Waals surface area contributed by atoms with Crippen molar-refractivity contribution in [2.75, 3.05) is 120 Å². The summed E-state index contributed by atoms with van der Waals surface area (Å²) in [4.78, 5) is 18.6. The zero-order valence-corrected chi connectivity index (χ0v) is 96.1. The average Bonchev–Trinajstić information content (AvgIpc) is 1.47. The van der Waals surface area contributed by atoms with E-state index in [1.165, 1.54) is 306 Å². The van der Waals surface area contributed by atoms with Crippen molar-refractivity contribution in [3.63, 3.8) is 0 Å². The van der Waals surface area contributed by atoms with E-state index in [4.69, 9.17) is 33.2 Å². The van der Waals surface area contributed by atoms with E-state index in [-0.39, 0.29) is 0 Å². The van der Waals surface area contributed by atoms with E-state index in [9.17, 15) is 0 Å². The molecule has 9 aliphatic carbocycles. The Bertz CT molecular complexity index is 4660. The Morgan fingerprint density at radius 3 is 1.01 bits per heavy atom. The molecule has 144 heavy (non-hydrogen) atoms. The quantitative estimate of drug-likeness (QED) is 0.0339. The van der Waals surface area contributed by atoms with Gasteiger partial charge in [-0.2, -0.15) is 0 Å². The number of rotatable bonds is 53. The molecule has 9 saturated carbocycles. The van der Waals surface area contributed by atoms with Crippen LogP contribution in [0.15, 0.2) is 194 Å². The molecule has 0 aliphatic heterocycles. The highest BCUT2D eigenvalue weighted by atomic mass is 127. The summed E-state index contributed by atoms with van der Waals surface area (Å²) in [6, 6.07) is 70.1. The highest BCUT2D eigenvalue weighted by molar-refractivity contribution is 14.1. The lowest BCUT2D eigenvalue weighted by Gasteiger charge is -2.66. The summed E-state index contributed by atoms with van der Waals surface area (Å²) in [5.74, 6) is 13.5. The van der Waals surface area contributed by atoms with E-state index in [0.717, 1.165) is 152 Å². The van der Waals surface area contributed by atoms with Gasteiger partial charge in [-0.25, -0.2) is 0 Å². The number of hydrogen-bond acceptors (Lipinski definition) is 14. The number of fused-ring (bicyclic) bond motifs is 3. The number of benzene rings is 8. The van der Waals surface area contributed by atoms with Gasteiger partial charge < -0.3 is 38.1 Å². The minimum atomic E-state index is 0.537. The minimum absolute atomic E-state index is 0.537. The van der Waals surface area contributed by atoms with Crippen LogP contribution in [0.4, 0.5) is 5.69 Å². The van der Waals surface area contributed by atoms with E-state index < -0.39 is 0 Å². The number of nitrogens with zero attached hydrogens (tertiary/aromatic N) is 7. The summed E-state index contributed by atoms with van der Waals surface area (Å²) in [7, 11) is 12.1. The Balaban J connectivity index is 0.000000173. The van der Waals surface area contributed by atoms with Crippen LogP contribution in [0, 0.1) is 55.8 Å². The van der Waals surface area contributed by atoms with Crippen molar-refractivity contribution in [3.05, 3.63) is 237 Å². The van der Waals surface area contributed by atoms with Crippen LogP contribution < -0.4 is 38.1 Å². The summed E-state index contributed by atoms with van der Waals surface area (Å²) in [5, 5.41) is 0. The smallest absolute Gasteiger partial charge is 0.118 e. The van der Waals surface area contributed by atoms with E-state index in [1.54, 1.807) is 62.6 Å². The second-order valence-electron chi connectivity index (χ2n) is 44.3. The predicted molar refractivity (Wildman–Crippen MR) is 618 cm³/mol. The molecule has 798 valence electrons. The molecule has 8 aromatic rings. The van der Waals surface area contributed by atoms with Crippen molar-refractivity contribution in [2.45, 2.75) is 358 Å². The third-order valence-electron chi connectivity index (χ3n) is 33.9. The molecule has 14 nitrogen and oxygen atoms in total. The summed E-state index contributed by atoms with van der Waals surface area (Å²) in [6.07, 6.45) is 45.0. The topological polar surface area (TPSA) is 87.3 Å². The van der Waals surface area contributed by atoms with Crippen molar-refractivity contribution < 1.29 is 33.2 Å². The van der Waals surface area contributed by atoms with Gasteiger partial charge in [0.15, 0.2) is 0 Å². The summed E-state index contributed by atoms with van der Waals surface area (Å²) in [6.45, 7) is 47.5. The fourth-order valence-corrected chi connectivity index (χ4v) is 25.4. The van der Waals surface area contributed by atoms with Gasteiger partial charge in [-0.15, -0.1) is 0 Å². The van der Waals surface area contributed by atoms with E-state index in [2.05, 4.69) is 298 Å². The predicted octanol–water partition coefficient (Wildman–Crippen LogP) is 32.3. The molecule has 4 bridgehead atoms. The van der Waals surface area contributed by atoms with Crippen molar-refractivity contribution in [3.8, 4) is 40.2 Å². The maximum absolute atomic E-state index is 5.33. The molecule has 0 saturated heterocycles. The third-order valence-corrected chi connectivity index (χ3v) is 34.6. The molecule has 17 rings (SSSR count). The average molecular weight is 2090 g/mol. The Kier molecular flexibility index (Phi) is 52.9. The van der Waals surface area contributed by atoms with Crippen molar-refractivity contribution in [2.24, 2.45) is 52.3 Å². The lowest BCUT2D eigenvalue weighted by Crippen LogP contribution is -2.60. The monoisotopic (exact) mass is 2080 g/mol.